The van der Waals surface area contributed by atoms with Crippen LogP contribution in [0, 0.1) is 17.2 Å². The lowest BCUT2D eigenvalue weighted by Gasteiger charge is -2.46. The molecule has 1 aromatic carbocycles. The lowest BCUT2D eigenvalue weighted by molar-refractivity contribution is -0.122. The number of carbonyl (C=O) groups is 1. The summed E-state index contributed by atoms with van der Waals surface area (Å²) >= 11 is -0.824. The third-order valence-electron chi connectivity index (χ3n) is 6.77. The summed E-state index contributed by atoms with van der Waals surface area (Å²) in [6, 6.07) is 6.86. The van der Waals surface area contributed by atoms with E-state index in [9.17, 15) is 27.6 Å². The molecule has 1 aliphatic heterocycles. The summed E-state index contributed by atoms with van der Waals surface area (Å²) in [7, 11) is 0. The van der Waals surface area contributed by atoms with Crippen LogP contribution in [0.1, 0.15) is 55.2 Å². The summed E-state index contributed by atoms with van der Waals surface area (Å²) in [5.74, 6) is -2.69. The molecule has 7 nitrogen and oxygen atoms in total. The summed E-state index contributed by atoms with van der Waals surface area (Å²) in [5.41, 5.74) is 1.64. The largest absolute Gasteiger partial charge is 0.493 e. The number of halogens is 2. The standard InChI is InChI=1S/C25H29F2N3O4S2/c1-4-34-19-7-15(5-6-21(19)36(32)33)8-22(31)29-23-17(12-28)18-14-30(13-16-9-25(26,27)10-16)24(2,3)11-20(18)35-23/h5-7,16H,4,8-11,13-14H2,1-3H3,(H,29,31)(H,32,33). The van der Waals surface area contributed by atoms with Crippen LogP contribution in [0.5, 0.6) is 5.75 Å². The van der Waals surface area contributed by atoms with E-state index in [0.29, 0.717) is 42.2 Å². The first-order valence-electron chi connectivity index (χ1n) is 11.8. The van der Waals surface area contributed by atoms with Crippen molar-refractivity contribution in [3.05, 3.63) is 39.8 Å². The van der Waals surface area contributed by atoms with E-state index in [0.717, 1.165) is 10.4 Å². The van der Waals surface area contributed by atoms with Gasteiger partial charge in [-0.05, 0) is 44.4 Å². The van der Waals surface area contributed by atoms with E-state index in [-0.39, 0.29) is 47.3 Å². The third-order valence-corrected chi connectivity index (χ3v) is 8.63. The summed E-state index contributed by atoms with van der Waals surface area (Å²) in [4.78, 5) is 16.2. The first kappa shape index (κ1) is 26.7. The fourth-order valence-corrected chi connectivity index (χ4v) is 6.78. The van der Waals surface area contributed by atoms with Gasteiger partial charge in [-0.1, -0.05) is 6.07 Å². The van der Waals surface area contributed by atoms with Gasteiger partial charge in [-0.25, -0.2) is 13.0 Å². The van der Waals surface area contributed by atoms with Gasteiger partial charge in [-0.3, -0.25) is 9.69 Å². The highest BCUT2D eigenvalue weighted by molar-refractivity contribution is 7.79. The molecule has 2 aliphatic rings. The van der Waals surface area contributed by atoms with Crippen molar-refractivity contribution in [3.8, 4) is 11.8 Å². The highest BCUT2D eigenvalue weighted by Gasteiger charge is 2.47. The van der Waals surface area contributed by atoms with Crippen molar-refractivity contribution >= 4 is 33.3 Å². The zero-order valence-corrected chi connectivity index (χ0v) is 22.0. The third kappa shape index (κ3) is 5.62. The zero-order chi connectivity index (χ0) is 26.3. The Balaban J connectivity index is 1.49. The molecule has 1 aliphatic carbocycles. The maximum Gasteiger partial charge on any atom is 0.248 e. The Kier molecular flexibility index (Phi) is 7.53. The van der Waals surface area contributed by atoms with E-state index >= 15 is 0 Å². The average Bonchev–Trinajstić information content (AvgIpc) is 3.07. The fourth-order valence-electron chi connectivity index (χ4n) is 4.91. The first-order chi connectivity index (χ1) is 16.9. The van der Waals surface area contributed by atoms with Crippen LogP contribution in [0.25, 0.3) is 0 Å². The maximum atomic E-state index is 13.4. The van der Waals surface area contributed by atoms with Crippen LogP contribution >= 0.6 is 11.3 Å². The second-order valence-corrected chi connectivity index (χ2v) is 12.1. The van der Waals surface area contributed by atoms with Gasteiger partial charge >= 0.3 is 0 Å². The highest BCUT2D eigenvalue weighted by Crippen LogP contribution is 2.46. The molecule has 2 N–H and O–H groups in total. The van der Waals surface area contributed by atoms with E-state index in [1.54, 1.807) is 19.1 Å². The molecule has 0 saturated heterocycles. The van der Waals surface area contributed by atoms with Crippen LogP contribution in [0.4, 0.5) is 13.8 Å². The van der Waals surface area contributed by atoms with Gasteiger partial charge in [0.05, 0.1) is 18.6 Å². The molecule has 194 valence electrons. The summed E-state index contributed by atoms with van der Waals surface area (Å²) in [5, 5.41) is 13.2. The minimum atomic E-state index is -2.56. The zero-order valence-electron chi connectivity index (χ0n) is 20.4. The van der Waals surface area contributed by atoms with Crippen molar-refractivity contribution in [2.45, 2.75) is 69.4 Å². The van der Waals surface area contributed by atoms with Gasteiger partial charge < -0.3 is 14.6 Å². The van der Waals surface area contributed by atoms with Crippen molar-refractivity contribution in [1.82, 2.24) is 4.90 Å². The molecule has 4 rings (SSSR count). The smallest absolute Gasteiger partial charge is 0.248 e. The predicted octanol–water partition coefficient (Wildman–Crippen LogP) is 4.96. The molecule has 2 aromatic rings. The molecule has 1 amide bonds. The second-order valence-electron chi connectivity index (χ2n) is 10.0. The van der Waals surface area contributed by atoms with Crippen LogP contribution in [-0.2, 0) is 35.3 Å². The molecule has 1 aromatic heterocycles. The molecule has 1 atom stereocenters. The number of hydrogen-bond acceptors (Lipinski definition) is 6. The fraction of sp³-hybridized carbons (Fsp3) is 0.520. The Hall–Kier alpha value is -2.39. The first-order valence-corrected chi connectivity index (χ1v) is 13.7. The number of ether oxygens (including phenoxy) is 1. The number of nitrogens with one attached hydrogen (secondary N) is 1. The number of anilines is 1. The number of fused-ring (bicyclic) bond motifs is 1. The van der Waals surface area contributed by atoms with E-state index < -0.39 is 17.0 Å². The summed E-state index contributed by atoms with van der Waals surface area (Å²) in [6.45, 7) is 7.27. The second kappa shape index (κ2) is 10.2. The SMILES string of the molecule is CCOc1cc(CC(=O)Nc2sc3c(c2C#N)CN(CC2CC(F)(F)C2)C(C)(C)C3)ccc1S(=O)O. The van der Waals surface area contributed by atoms with Crippen molar-refractivity contribution in [3.63, 3.8) is 0 Å². The number of alkyl halides is 2. The van der Waals surface area contributed by atoms with Gasteiger partial charge in [0.15, 0.2) is 11.1 Å². The number of amides is 1. The number of hydrogen-bond donors (Lipinski definition) is 2. The highest BCUT2D eigenvalue weighted by atomic mass is 32.2. The topological polar surface area (TPSA) is 103 Å². The molecule has 36 heavy (non-hydrogen) atoms. The van der Waals surface area contributed by atoms with E-state index in [1.807, 2.05) is 0 Å². The minimum Gasteiger partial charge on any atom is -0.493 e. The molecular weight excluding hydrogens is 508 g/mol. The maximum absolute atomic E-state index is 13.4. The quantitative estimate of drug-likeness (QED) is 0.462. The number of benzene rings is 1. The summed E-state index contributed by atoms with van der Waals surface area (Å²) < 4.78 is 53.1. The van der Waals surface area contributed by atoms with Gasteiger partial charge in [0.1, 0.15) is 21.7 Å². The van der Waals surface area contributed by atoms with Crippen LogP contribution in [0.3, 0.4) is 0 Å². The van der Waals surface area contributed by atoms with Gasteiger partial charge in [-0.15, -0.1) is 11.3 Å². The monoisotopic (exact) mass is 537 g/mol. The Morgan fingerprint density at radius 2 is 2.11 bits per heavy atom. The van der Waals surface area contributed by atoms with Crippen molar-refractivity contribution in [2.24, 2.45) is 5.92 Å². The lowest BCUT2D eigenvalue weighted by Crippen LogP contribution is -2.52. The van der Waals surface area contributed by atoms with Crippen LogP contribution in [0.15, 0.2) is 23.1 Å². The molecule has 0 radical (unpaired) electrons. The molecule has 0 bridgehead atoms. The van der Waals surface area contributed by atoms with Crippen LogP contribution in [-0.4, -0.2) is 44.2 Å². The number of nitriles is 1. The van der Waals surface area contributed by atoms with Crippen LogP contribution < -0.4 is 10.1 Å². The molecule has 2 heterocycles. The Labute approximate surface area is 215 Å². The van der Waals surface area contributed by atoms with E-state index in [1.165, 1.54) is 17.4 Å². The molecule has 1 saturated carbocycles. The molecule has 1 unspecified atom stereocenters. The number of rotatable bonds is 8. The number of carbonyl (C=O) groups excluding carboxylic acids is 1. The lowest BCUT2D eigenvalue weighted by atomic mass is 9.79. The van der Waals surface area contributed by atoms with Gasteiger partial charge in [0.2, 0.25) is 11.8 Å². The van der Waals surface area contributed by atoms with Gasteiger partial charge in [-0.2, -0.15) is 5.26 Å². The van der Waals surface area contributed by atoms with E-state index in [4.69, 9.17) is 4.74 Å². The molecule has 1 fully saturated rings. The molecule has 0 spiro atoms. The Bertz CT molecular complexity index is 1230. The van der Waals surface area contributed by atoms with Crippen LogP contribution in [0.2, 0.25) is 0 Å². The summed E-state index contributed by atoms with van der Waals surface area (Å²) in [6.07, 6.45) is 0.475. The number of thiophene rings is 1. The number of nitrogens with zero attached hydrogens (tertiary/aromatic N) is 2. The van der Waals surface area contributed by atoms with Crippen molar-refractivity contribution in [2.75, 3.05) is 18.5 Å². The Morgan fingerprint density at radius 1 is 1.39 bits per heavy atom. The normalized spacial score (nSPS) is 19.6. The van der Waals surface area contributed by atoms with Gasteiger partial charge in [0.25, 0.3) is 0 Å². The molecule has 11 heteroatoms. The van der Waals surface area contributed by atoms with Gasteiger partial charge in [0, 0.05) is 48.3 Å². The average molecular weight is 538 g/mol. The predicted molar refractivity (Wildman–Crippen MR) is 134 cm³/mol. The Morgan fingerprint density at radius 3 is 2.72 bits per heavy atom. The molecular formula is C25H29F2N3O4S2. The minimum absolute atomic E-state index is 0.000632. The van der Waals surface area contributed by atoms with Crippen molar-refractivity contribution < 1.29 is 27.1 Å². The van der Waals surface area contributed by atoms with E-state index in [2.05, 4.69) is 30.1 Å². The van der Waals surface area contributed by atoms with Crippen molar-refractivity contribution in [1.29, 1.82) is 5.26 Å².